The molecule has 1 aromatic heterocycles. The SMILES string of the molecule is CCC(CC)(CN)c1nc(CCOC)no1. The maximum Gasteiger partial charge on any atom is 0.234 e. The van der Waals surface area contributed by atoms with E-state index in [2.05, 4.69) is 24.0 Å². The summed E-state index contributed by atoms with van der Waals surface area (Å²) in [6.07, 6.45) is 2.49. The van der Waals surface area contributed by atoms with Crippen LogP contribution in [0.5, 0.6) is 0 Å². The average molecular weight is 227 g/mol. The highest BCUT2D eigenvalue weighted by molar-refractivity contribution is 5.05. The average Bonchev–Trinajstić information content (AvgIpc) is 2.79. The number of rotatable bonds is 7. The summed E-state index contributed by atoms with van der Waals surface area (Å²) in [7, 11) is 1.66. The van der Waals surface area contributed by atoms with Gasteiger partial charge in [0.05, 0.1) is 12.0 Å². The fourth-order valence-electron chi connectivity index (χ4n) is 1.69. The molecule has 1 heterocycles. The lowest BCUT2D eigenvalue weighted by molar-refractivity contribution is 0.199. The normalized spacial score (nSPS) is 12.0. The number of ether oxygens (including phenoxy) is 1. The summed E-state index contributed by atoms with van der Waals surface area (Å²) in [5.74, 6) is 1.35. The summed E-state index contributed by atoms with van der Waals surface area (Å²) >= 11 is 0. The van der Waals surface area contributed by atoms with Crippen LogP contribution in [0.3, 0.4) is 0 Å². The summed E-state index contributed by atoms with van der Waals surface area (Å²) in [6, 6.07) is 0. The van der Waals surface area contributed by atoms with Crippen LogP contribution in [-0.4, -0.2) is 30.4 Å². The highest BCUT2D eigenvalue weighted by atomic mass is 16.5. The van der Waals surface area contributed by atoms with Gasteiger partial charge in [0.1, 0.15) is 0 Å². The molecule has 0 unspecified atom stereocenters. The van der Waals surface area contributed by atoms with Crippen LogP contribution < -0.4 is 5.73 Å². The van der Waals surface area contributed by atoms with Crippen molar-refractivity contribution in [3.8, 4) is 0 Å². The Balaban J connectivity index is 2.81. The van der Waals surface area contributed by atoms with Gasteiger partial charge in [-0.3, -0.25) is 0 Å². The van der Waals surface area contributed by atoms with Crippen LogP contribution in [-0.2, 0) is 16.6 Å². The van der Waals surface area contributed by atoms with Crippen LogP contribution in [0.1, 0.15) is 38.4 Å². The Bertz CT molecular complexity index is 300. The largest absolute Gasteiger partial charge is 0.384 e. The summed E-state index contributed by atoms with van der Waals surface area (Å²) in [6.45, 7) is 5.32. The van der Waals surface area contributed by atoms with E-state index in [4.69, 9.17) is 15.0 Å². The Labute approximate surface area is 96.4 Å². The van der Waals surface area contributed by atoms with Crippen LogP contribution >= 0.6 is 0 Å². The van der Waals surface area contributed by atoms with E-state index in [1.807, 2.05) is 0 Å². The van der Waals surface area contributed by atoms with E-state index in [1.165, 1.54) is 0 Å². The lowest BCUT2D eigenvalue weighted by atomic mass is 9.82. The quantitative estimate of drug-likeness (QED) is 0.759. The third-order valence-electron chi connectivity index (χ3n) is 3.20. The molecule has 0 amide bonds. The molecule has 0 aliphatic rings. The maximum absolute atomic E-state index is 5.82. The molecular weight excluding hydrogens is 206 g/mol. The topological polar surface area (TPSA) is 74.2 Å². The van der Waals surface area contributed by atoms with Gasteiger partial charge in [-0.25, -0.2) is 0 Å². The van der Waals surface area contributed by atoms with Crippen LogP contribution in [0.15, 0.2) is 4.52 Å². The second-order valence-corrected chi connectivity index (χ2v) is 3.95. The molecule has 0 saturated carbocycles. The van der Waals surface area contributed by atoms with Gasteiger partial charge in [0, 0.05) is 20.1 Å². The number of hydrogen-bond acceptors (Lipinski definition) is 5. The molecule has 92 valence electrons. The first-order valence-electron chi connectivity index (χ1n) is 5.74. The molecule has 1 rings (SSSR count). The predicted octanol–water partition coefficient (Wildman–Crippen LogP) is 1.27. The van der Waals surface area contributed by atoms with Gasteiger partial charge in [-0.1, -0.05) is 19.0 Å². The zero-order valence-corrected chi connectivity index (χ0v) is 10.3. The number of hydrogen-bond donors (Lipinski definition) is 1. The Hall–Kier alpha value is -0.940. The van der Waals surface area contributed by atoms with Crippen molar-refractivity contribution in [3.63, 3.8) is 0 Å². The molecule has 5 nitrogen and oxygen atoms in total. The molecule has 16 heavy (non-hydrogen) atoms. The van der Waals surface area contributed by atoms with Crippen LogP contribution in [0.2, 0.25) is 0 Å². The molecule has 0 aliphatic carbocycles. The highest BCUT2D eigenvalue weighted by Crippen LogP contribution is 2.28. The molecule has 0 fully saturated rings. The number of nitrogens with two attached hydrogens (primary N) is 1. The molecule has 0 aliphatic heterocycles. The smallest absolute Gasteiger partial charge is 0.234 e. The van der Waals surface area contributed by atoms with Crippen molar-refractivity contribution in [2.45, 2.75) is 38.5 Å². The van der Waals surface area contributed by atoms with Crippen LogP contribution in [0.25, 0.3) is 0 Å². The van der Waals surface area contributed by atoms with Crippen molar-refractivity contribution in [3.05, 3.63) is 11.7 Å². The fraction of sp³-hybridized carbons (Fsp3) is 0.818. The Morgan fingerprint density at radius 2 is 2.06 bits per heavy atom. The van der Waals surface area contributed by atoms with Gasteiger partial charge in [-0.15, -0.1) is 0 Å². The summed E-state index contributed by atoms with van der Waals surface area (Å²) in [4.78, 5) is 4.39. The summed E-state index contributed by atoms with van der Waals surface area (Å²) in [5.41, 5.74) is 5.65. The monoisotopic (exact) mass is 227 g/mol. The minimum Gasteiger partial charge on any atom is -0.384 e. The first kappa shape index (κ1) is 13.1. The molecule has 2 N–H and O–H groups in total. The molecule has 0 bridgehead atoms. The van der Waals surface area contributed by atoms with Crippen molar-refractivity contribution in [2.75, 3.05) is 20.3 Å². The molecule has 5 heteroatoms. The predicted molar refractivity (Wildman–Crippen MR) is 61.2 cm³/mol. The van der Waals surface area contributed by atoms with E-state index in [1.54, 1.807) is 7.11 Å². The molecular formula is C11H21N3O2. The van der Waals surface area contributed by atoms with Gasteiger partial charge in [-0.2, -0.15) is 4.98 Å². The third-order valence-corrected chi connectivity index (χ3v) is 3.20. The maximum atomic E-state index is 5.82. The molecule has 0 aromatic carbocycles. The Morgan fingerprint density at radius 3 is 2.56 bits per heavy atom. The molecule has 0 radical (unpaired) electrons. The zero-order valence-electron chi connectivity index (χ0n) is 10.3. The van der Waals surface area contributed by atoms with E-state index in [9.17, 15) is 0 Å². The van der Waals surface area contributed by atoms with Crippen LogP contribution in [0, 0.1) is 0 Å². The summed E-state index contributed by atoms with van der Waals surface area (Å²) in [5, 5.41) is 3.94. The highest BCUT2D eigenvalue weighted by Gasteiger charge is 2.33. The van der Waals surface area contributed by atoms with Gasteiger partial charge in [0.2, 0.25) is 5.89 Å². The summed E-state index contributed by atoms with van der Waals surface area (Å²) < 4.78 is 10.3. The van der Waals surface area contributed by atoms with Gasteiger partial charge < -0.3 is 15.0 Å². The van der Waals surface area contributed by atoms with E-state index in [-0.39, 0.29) is 5.41 Å². The molecule has 0 saturated heterocycles. The van der Waals surface area contributed by atoms with Crippen molar-refractivity contribution >= 4 is 0 Å². The number of aromatic nitrogens is 2. The molecule has 0 spiro atoms. The Kier molecular flexibility index (Phi) is 4.89. The number of nitrogens with zero attached hydrogens (tertiary/aromatic N) is 2. The van der Waals surface area contributed by atoms with E-state index < -0.39 is 0 Å². The minimum atomic E-state index is -0.168. The van der Waals surface area contributed by atoms with Gasteiger partial charge in [0.15, 0.2) is 5.82 Å². The molecule has 1 aromatic rings. The van der Waals surface area contributed by atoms with E-state index in [0.29, 0.717) is 31.3 Å². The minimum absolute atomic E-state index is 0.168. The van der Waals surface area contributed by atoms with Crippen molar-refractivity contribution in [1.29, 1.82) is 0 Å². The second kappa shape index (κ2) is 5.96. The fourth-order valence-corrected chi connectivity index (χ4v) is 1.69. The number of methoxy groups -OCH3 is 1. The Morgan fingerprint density at radius 1 is 1.38 bits per heavy atom. The van der Waals surface area contributed by atoms with Gasteiger partial charge in [0.25, 0.3) is 0 Å². The van der Waals surface area contributed by atoms with Crippen molar-refractivity contribution in [1.82, 2.24) is 10.1 Å². The first-order chi connectivity index (χ1) is 7.72. The second-order valence-electron chi connectivity index (χ2n) is 3.95. The van der Waals surface area contributed by atoms with E-state index >= 15 is 0 Å². The lowest BCUT2D eigenvalue weighted by Gasteiger charge is -2.24. The van der Waals surface area contributed by atoms with Gasteiger partial charge in [-0.05, 0) is 12.8 Å². The lowest BCUT2D eigenvalue weighted by Crippen LogP contribution is -2.34. The molecule has 0 atom stereocenters. The third kappa shape index (κ3) is 2.59. The van der Waals surface area contributed by atoms with E-state index in [0.717, 1.165) is 12.8 Å². The first-order valence-corrected chi connectivity index (χ1v) is 5.74. The standard InChI is InChI=1S/C11H21N3O2/c1-4-11(5-2,8-12)10-13-9(14-16-10)6-7-15-3/h4-8,12H2,1-3H3. The van der Waals surface area contributed by atoms with Crippen LogP contribution in [0.4, 0.5) is 0 Å². The van der Waals surface area contributed by atoms with Crippen molar-refractivity contribution < 1.29 is 9.26 Å². The van der Waals surface area contributed by atoms with Crippen molar-refractivity contribution in [2.24, 2.45) is 5.73 Å². The van der Waals surface area contributed by atoms with Gasteiger partial charge >= 0.3 is 0 Å². The zero-order chi connectivity index (χ0) is 12.0.